The molecule has 1 amide bonds. The molecule has 0 fully saturated rings. The third-order valence-corrected chi connectivity index (χ3v) is 3.44. The van der Waals surface area contributed by atoms with Crippen molar-refractivity contribution in [3.8, 4) is 0 Å². The molecule has 100 valence electrons. The molecule has 0 radical (unpaired) electrons. The van der Waals surface area contributed by atoms with E-state index in [1.54, 1.807) is 4.90 Å². The Morgan fingerprint density at radius 3 is 2.39 bits per heavy atom. The topological polar surface area (TPSA) is 32.3 Å². The molecule has 0 aromatic heterocycles. The molecule has 0 bridgehead atoms. The zero-order chi connectivity index (χ0) is 13.7. The van der Waals surface area contributed by atoms with E-state index in [9.17, 15) is 4.79 Å². The summed E-state index contributed by atoms with van der Waals surface area (Å²) >= 11 is 0. The van der Waals surface area contributed by atoms with Gasteiger partial charge in [0.15, 0.2) is 0 Å². The van der Waals surface area contributed by atoms with Gasteiger partial charge in [0.05, 0.1) is 6.54 Å². The summed E-state index contributed by atoms with van der Waals surface area (Å²) in [6.07, 6.45) is 0. The number of carbonyl (C=O) groups excluding carboxylic acids is 1. The van der Waals surface area contributed by atoms with E-state index in [0.29, 0.717) is 6.54 Å². The molecule has 1 rings (SSSR count). The molecule has 0 saturated carbocycles. The predicted octanol–water partition coefficient (Wildman–Crippen LogP) is 2.18. The summed E-state index contributed by atoms with van der Waals surface area (Å²) in [4.78, 5) is 13.4. The van der Waals surface area contributed by atoms with Crippen molar-refractivity contribution in [1.82, 2.24) is 10.2 Å². The lowest BCUT2D eigenvalue weighted by Crippen LogP contribution is -2.35. The van der Waals surface area contributed by atoms with Gasteiger partial charge >= 0.3 is 0 Å². The number of aryl methyl sites for hydroxylation is 3. The third kappa shape index (κ3) is 3.84. The van der Waals surface area contributed by atoms with E-state index in [2.05, 4.69) is 38.2 Å². The van der Waals surface area contributed by atoms with Crippen molar-refractivity contribution in [3.63, 3.8) is 0 Å². The lowest BCUT2D eigenvalue weighted by Gasteiger charge is -2.15. The minimum absolute atomic E-state index is 0.138. The molecule has 1 N–H and O–H groups in total. The van der Waals surface area contributed by atoms with Gasteiger partial charge in [0, 0.05) is 20.1 Å². The van der Waals surface area contributed by atoms with Crippen LogP contribution in [-0.2, 0) is 11.3 Å². The summed E-state index contributed by atoms with van der Waals surface area (Å²) in [5, 5.41) is 3.21. The lowest BCUT2D eigenvalue weighted by atomic mass is 10.0. The van der Waals surface area contributed by atoms with Crippen LogP contribution >= 0.6 is 0 Å². The highest BCUT2D eigenvalue weighted by Gasteiger charge is 2.06. The Bertz CT molecular complexity index is 427. The van der Waals surface area contributed by atoms with E-state index in [-0.39, 0.29) is 5.91 Å². The average Bonchev–Trinajstić information content (AvgIpc) is 2.34. The van der Waals surface area contributed by atoms with Gasteiger partial charge in [-0.25, -0.2) is 0 Å². The number of benzene rings is 1. The monoisotopic (exact) mass is 248 g/mol. The van der Waals surface area contributed by atoms with Crippen molar-refractivity contribution in [1.29, 1.82) is 0 Å². The van der Waals surface area contributed by atoms with Gasteiger partial charge in [-0.05, 0) is 49.9 Å². The van der Waals surface area contributed by atoms with Crippen molar-refractivity contribution in [2.24, 2.45) is 0 Å². The fraction of sp³-hybridized carbons (Fsp3) is 0.533. The Hall–Kier alpha value is -1.35. The quantitative estimate of drug-likeness (QED) is 0.866. The summed E-state index contributed by atoms with van der Waals surface area (Å²) in [6, 6.07) is 4.40. The largest absolute Gasteiger partial charge is 0.345 e. The van der Waals surface area contributed by atoms with E-state index in [0.717, 1.165) is 13.1 Å². The number of nitrogens with zero attached hydrogens (tertiary/aromatic N) is 1. The average molecular weight is 248 g/mol. The molecule has 0 aliphatic rings. The van der Waals surface area contributed by atoms with Gasteiger partial charge in [-0.15, -0.1) is 0 Å². The number of amides is 1. The molecule has 0 heterocycles. The summed E-state index contributed by atoms with van der Waals surface area (Å²) in [6.45, 7) is 10.2. The molecule has 0 atom stereocenters. The SMILES string of the molecule is CCN(C)C(=O)CNCc1cc(C)c(C)cc1C. The molecule has 0 aliphatic carbocycles. The number of rotatable bonds is 5. The standard InChI is InChI=1S/C15H24N2O/c1-6-17(5)15(18)10-16-9-14-8-12(3)11(2)7-13(14)4/h7-8,16H,6,9-10H2,1-5H3. The number of carbonyl (C=O) groups is 1. The van der Waals surface area contributed by atoms with Gasteiger partial charge in [0.1, 0.15) is 0 Å². The van der Waals surface area contributed by atoms with Crippen molar-refractivity contribution in [2.45, 2.75) is 34.2 Å². The maximum absolute atomic E-state index is 11.6. The second-order valence-corrected chi connectivity index (χ2v) is 4.87. The number of likely N-dealkylation sites (N-methyl/N-ethyl adjacent to an activating group) is 1. The van der Waals surface area contributed by atoms with Crippen LogP contribution in [0.2, 0.25) is 0 Å². The zero-order valence-corrected chi connectivity index (χ0v) is 12.1. The number of hydrogen-bond acceptors (Lipinski definition) is 2. The number of hydrogen-bond donors (Lipinski definition) is 1. The highest BCUT2D eigenvalue weighted by Crippen LogP contribution is 2.14. The van der Waals surface area contributed by atoms with Crippen molar-refractivity contribution < 1.29 is 4.79 Å². The Balaban J connectivity index is 2.54. The molecule has 0 aliphatic heterocycles. The van der Waals surface area contributed by atoms with Crippen LogP contribution in [0.3, 0.4) is 0 Å². The molecule has 1 aromatic rings. The second-order valence-electron chi connectivity index (χ2n) is 4.87. The van der Waals surface area contributed by atoms with Crippen LogP contribution in [0.5, 0.6) is 0 Å². The fourth-order valence-electron chi connectivity index (χ4n) is 1.83. The Morgan fingerprint density at radius 2 is 1.78 bits per heavy atom. The van der Waals surface area contributed by atoms with Gasteiger partial charge < -0.3 is 10.2 Å². The first-order valence-corrected chi connectivity index (χ1v) is 6.47. The summed E-state index contributed by atoms with van der Waals surface area (Å²) in [5.74, 6) is 0.138. The van der Waals surface area contributed by atoms with E-state index in [1.165, 1.54) is 22.3 Å². The first kappa shape index (κ1) is 14.7. The highest BCUT2D eigenvalue weighted by atomic mass is 16.2. The Labute approximate surface area is 110 Å². The van der Waals surface area contributed by atoms with Crippen molar-refractivity contribution in [2.75, 3.05) is 20.1 Å². The van der Waals surface area contributed by atoms with E-state index in [4.69, 9.17) is 0 Å². The van der Waals surface area contributed by atoms with E-state index < -0.39 is 0 Å². The van der Waals surface area contributed by atoms with Crippen LogP contribution in [0, 0.1) is 20.8 Å². The second kappa shape index (κ2) is 6.55. The van der Waals surface area contributed by atoms with Gasteiger partial charge in [0.2, 0.25) is 5.91 Å². The maximum Gasteiger partial charge on any atom is 0.236 e. The highest BCUT2D eigenvalue weighted by molar-refractivity contribution is 5.77. The van der Waals surface area contributed by atoms with Crippen LogP contribution in [-0.4, -0.2) is 30.9 Å². The minimum atomic E-state index is 0.138. The smallest absolute Gasteiger partial charge is 0.236 e. The van der Waals surface area contributed by atoms with E-state index in [1.807, 2.05) is 14.0 Å². The number of nitrogens with one attached hydrogen (secondary N) is 1. The molecule has 0 unspecified atom stereocenters. The Morgan fingerprint density at radius 1 is 1.17 bits per heavy atom. The van der Waals surface area contributed by atoms with Crippen LogP contribution < -0.4 is 5.32 Å². The van der Waals surface area contributed by atoms with Gasteiger partial charge in [-0.2, -0.15) is 0 Å². The molecule has 18 heavy (non-hydrogen) atoms. The third-order valence-electron chi connectivity index (χ3n) is 3.44. The summed E-state index contributed by atoms with van der Waals surface area (Å²) < 4.78 is 0. The zero-order valence-electron chi connectivity index (χ0n) is 12.1. The first-order chi connectivity index (χ1) is 8.45. The van der Waals surface area contributed by atoms with Gasteiger partial charge in [-0.1, -0.05) is 12.1 Å². The van der Waals surface area contributed by atoms with Crippen molar-refractivity contribution >= 4 is 5.91 Å². The van der Waals surface area contributed by atoms with Crippen LogP contribution in [0.15, 0.2) is 12.1 Å². The van der Waals surface area contributed by atoms with Crippen LogP contribution in [0.4, 0.5) is 0 Å². The summed E-state index contributed by atoms with van der Waals surface area (Å²) in [7, 11) is 1.82. The molecule has 3 heteroatoms. The van der Waals surface area contributed by atoms with Crippen LogP contribution in [0.25, 0.3) is 0 Å². The normalized spacial score (nSPS) is 10.5. The lowest BCUT2D eigenvalue weighted by molar-refractivity contribution is -0.128. The van der Waals surface area contributed by atoms with Gasteiger partial charge in [0.25, 0.3) is 0 Å². The Kier molecular flexibility index (Phi) is 5.35. The molecular weight excluding hydrogens is 224 g/mol. The molecule has 3 nitrogen and oxygen atoms in total. The molecule has 0 saturated heterocycles. The van der Waals surface area contributed by atoms with Crippen molar-refractivity contribution in [3.05, 3.63) is 34.4 Å². The molecule has 1 aromatic carbocycles. The molecular formula is C15H24N2O. The maximum atomic E-state index is 11.6. The molecule has 0 spiro atoms. The van der Waals surface area contributed by atoms with Crippen LogP contribution in [0.1, 0.15) is 29.2 Å². The van der Waals surface area contributed by atoms with E-state index >= 15 is 0 Å². The minimum Gasteiger partial charge on any atom is -0.345 e. The first-order valence-electron chi connectivity index (χ1n) is 6.47. The summed E-state index contributed by atoms with van der Waals surface area (Å²) in [5.41, 5.74) is 5.17. The predicted molar refractivity (Wildman–Crippen MR) is 75.7 cm³/mol. The van der Waals surface area contributed by atoms with Gasteiger partial charge in [-0.3, -0.25) is 4.79 Å². The fourth-order valence-corrected chi connectivity index (χ4v) is 1.83.